The van der Waals surface area contributed by atoms with E-state index in [0.29, 0.717) is 19.3 Å². The van der Waals surface area contributed by atoms with Crippen LogP contribution in [0.1, 0.15) is 57.4 Å². The third-order valence-electron chi connectivity index (χ3n) is 11.3. The largest absolute Gasteiger partial charge is 0.547 e. The maximum Gasteiger partial charge on any atom is 0.306 e. The van der Waals surface area contributed by atoms with Gasteiger partial charge in [-0.05, 0) is 73.3 Å². The topological polar surface area (TPSA) is 61.8 Å². The van der Waals surface area contributed by atoms with E-state index in [0.717, 1.165) is 30.8 Å². The van der Waals surface area contributed by atoms with Gasteiger partial charge in [0.25, 0.3) is 0 Å². The number of hydrogen-bond donors (Lipinski definition) is 0. The van der Waals surface area contributed by atoms with Crippen molar-refractivity contribution >= 4 is 20.1 Å². The molecule has 0 N–H and O–H groups in total. The van der Waals surface area contributed by atoms with Crippen molar-refractivity contribution in [2.75, 3.05) is 7.11 Å². The summed E-state index contributed by atoms with van der Waals surface area (Å²) in [5.74, 6) is 1.68. The van der Waals surface area contributed by atoms with E-state index >= 15 is 0 Å². The second kappa shape index (κ2) is 7.99. The fourth-order valence-corrected chi connectivity index (χ4v) is 10.9. The molecule has 1 spiro atoms. The van der Waals surface area contributed by atoms with Crippen molar-refractivity contribution in [1.82, 2.24) is 0 Å². The Bertz CT molecular complexity index is 1350. The maximum absolute atomic E-state index is 14.0. The molecule has 206 valence electrons. The molecule has 5 aliphatic carbocycles. The lowest BCUT2D eigenvalue weighted by Crippen LogP contribution is -2.54. The van der Waals surface area contributed by atoms with Gasteiger partial charge in [-0.15, -0.1) is 0 Å². The van der Waals surface area contributed by atoms with Crippen LogP contribution in [0.5, 0.6) is 5.75 Å². The fourth-order valence-electron chi connectivity index (χ4n) is 9.93. The van der Waals surface area contributed by atoms with Crippen LogP contribution in [0, 0.1) is 28.6 Å². The molecule has 5 nitrogen and oxygen atoms in total. The van der Waals surface area contributed by atoms with Gasteiger partial charge in [0.2, 0.25) is 8.32 Å². The Hall–Kier alpha value is -2.60. The van der Waals surface area contributed by atoms with Crippen LogP contribution >= 0.6 is 0 Å². The average Bonchev–Trinajstić information content (AvgIpc) is 3.48. The van der Waals surface area contributed by atoms with Gasteiger partial charge in [-0.1, -0.05) is 44.1 Å². The highest BCUT2D eigenvalue weighted by Crippen LogP contribution is 2.81. The zero-order chi connectivity index (χ0) is 27.4. The number of rotatable bonds is 4. The number of carbonyl (C=O) groups is 2. The Morgan fingerprint density at radius 3 is 2.38 bits per heavy atom. The molecular formula is C33H40O5Si. The average molecular weight is 545 g/mol. The molecule has 1 aliphatic heterocycles. The minimum absolute atomic E-state index is 0.0358. The van der Waals surface area contributed by atoms with E-state index in [4.69, 9.17) is 13.9 Å². The molecule has 1 heterocycles. The van der Waals surface area contributed by atoms with Crippen molar-refractivity contribution < 1.29 is 23.5 Å². The van der Waals surface area contributed by atoms with Crippen LogP contribution in [-0.2, 0) is 24.2 Å². The van der Waals surface area contributed by atoms with Crippen LogP contribution in [0.15, 0.2) is 59.9 Å². The number of benzene rings is 1. The van der Waals surface area contributed by atoms with E-state index in [1.54, 1.807) is 13.2 Å². The van der Waals surface area contributed by atoms with Crippen molar-refractivity contribution in [2.45, 2.75) is 82.5 Å². The van der Waals surface area contributed by atoms with Crippen molar-refractivity contribution in [2.24, 2.45) is 28.6 Å². The summed E-state index contributed by atoms with van der Waals surface area (Å²) in [4.78, 5) is 26.5. The van der Waals surface area contributed by atoms with Gasteiger partial charge < -0.3 is 13.9 Å². The fraction of sp³-hybridized carbons (Fsp3) is 0.576. The third kappa shape index (κ3) is 3.07. The van der Waals surface area contributed by atoms with E-state index < -0.39 is 13.9 Å². The summed E-state index contributed by atoms with van der Waals surface area (Å²) in [5, 5.41) is 0. The predicted octanol–water partition coefficient (Wildman–Crippen LogP) is 6.66. The number of ether oxygens (including phenoxy) is 2. The molecule has 2 saturated carbocycles. The van der Waals surface area contributed by atoms with Gasteiger partial charge in [-0.3, -0.25) is 9.59 Å². The number of ketones is 1. The molecule has 0 unspecified atom stereocenters. The molecule has 6 heteroatoms. The molecule has 0 amide bonds. The molecule has 0 aromatic heterocycles. The molecular weight excluding hydrogens is 504 g/mol. The van der Waals surface area contributed by atoms with E-state index in [1.807, 2.05) is 6.08 Å². The Morgan fingerprint density at radius 2 is 1.72 bits per heavy atom. The van der Waals surface area contributed by atoms with E-state index in [-0.39, 0.29) is 45.8 Å². The normalized spacial score (nSPS) is 41.9. The van der Waals surface area contributed by atoms with Crippen LogP contribution < -0.4 is 4.74 Å². The second-order valence-electron chi connectivity index (χ2n) is 14.0. The Balaban J connectivity index is 1.52. The first-order chi connectivity index (χ1) is 18.5. The smallest absolute Gasteiger partial charge is 0.306 e. The van der Waals surface area contributed by atoms with Gasteiger partial charge in [0, 0.05) is 47.8 Å². The van der Waals surface area contributed by atoms with Gasteiger partial charge in [-0.25, -0.2) is 0 Å². The number of fused-ring (bicyclic) bond motifs is 5. The van der Waals surface area contributed by atoms with Crippen LogP contribution in [-0.4, -0.2) is 32.8 Å². The van der Waals surface area contributed by atoms with Crippen LogP contribution in [0.2, 0.25) is 19.6 Å². The molecule has 39 heavy (non-hydrogen) atoms. The summed E-state index contributed by atoms with van der Waals surface area (Å²) in [6.07, 6.45) is 14.8. The monoisotopic (exact) mass is 544 g/mol. The van der Waals surface area contributed by atoms with Crippen LogP contribution in [0.25, 0.3) is 0 Å². The van der Waals surface area contributed by atoms with Crippen LogP contribution in [0.4, 0.5) is 0 Å². The number of methoxy groups -OCH3 is 1. The number of hydrogen-bond acceptors (Lipinski definition) is 5. The van der Waals surface area contributed by atoms with Gasteiger partial charge in [-0.2, -0.15) is 0 Å². The molecule has 6 aliphatic rings. The number of carbonyl (C=O) groups excluding carboxylic acids is 2. The first-order valence-electron chi connectivity index (χ1n) is 14.7. The molecule has 7 atom stereocenters. The van der Waals surface area contributed by atoms with Crippen molar-refractivity contribution in [3.8, 4) is 5.75 Å². The summed E-state index contributed by atoms with van der Waals surface area (Å²) in [6.45, 7) is 9.22. The lowest BCUT2D eigenvalue weighted by molar-refractivity contribution is -0.156. The standard InChI is InChI=1S/C33H40O5Si/c1-30-14-6-7-15-31(30)18-19-33(30,21-8-10-22(36-2)11-9-21)28-25(38-39(3,4)5)20-23-27(29(28)31)24(34)12-16-32(23)17-13-26(35)37-32/h8-12,16,18-19,23,27,29H,6-7,13-15,17,20H2,1-5H3/t23-,27+,29+,30+,31+,32-,33+/m1/s1. The van der Waals surface area contributed by atoms with Gasteiger partial charge in [0.05, 0.1) is 12.9 Å². The lowest BCUT2D eigenvalue weighted by atomic mass is 9.50. The molecule has 3 fully saturated rings. The molecule has 1 aromatic rings. The summed E-state index contributed by atoms with van der Waals surface area (Å²) in [6, 6.07) is 8.61. The Labute approximate surface area is 232 Å². The van der Waals surface area contributed by atoms with Crippen molar-refractivity contribution in [3.63, 3.8) is 0 Å². The van der Waals surface area contributed by atoms with E-state index in [1.165, 1.54) is 17.6 Å². The quantitative estimate of drug-likeness (QED) is 0.241. The highest BCUT2D eigenvalue weighted by molar-refractivity contribution is 6.70. The second-order valence-corrected chi connectivity index (χ2v) is 18.4. The van der Waals surface area contributed by atoms with E-state index in [9.17, 15) is 9.59 Å². The zero-order valence-electron chi connectivity index (χ0n) is 23.8. The minimum Gasteiger partial charge on any atom is -0.547 e. The Morgan fingerprint density at radius 1 is 0.974 bits per heavy atom. The SMILES string of the molecule is COc1ccc([C@]23C=C[C@@]4(CCCC[C@]24C)[C@@H]2C3=C(O[Si](C)(C)C)C[C@@H]3[C@H]2C(=O)C=C[C@@]32CCC(=O)O2)cc1. The summed E-state index contributed by atoms with van der Waals surface area (Å²) in [5.41, 5.74) is 1.34. The zero-order valence-corrected chi connectivity index (χ0v) is 24.8. The highest BCUT2D eigenvalue weighted by Gasteiger charge is 2.78. The number of esters is 1. The molecule has 1 saturated heterocycles. The number of allylic oxidation sites excluding steroid dienone is 5. The summed E-state index contributed by atoms with van der Waals surface area (Å²) in [7, 11) is -0.299. The van der Waals surface area contributed by atoms with E-state index in [2.05, 4.69) is 63.0 Å². The Kier molecular flexibility index (Phi) is 5.20. The predicted molar refractivity (Wildman–Crippen MR) is 152 cm³/mol. The van der Waals surface area contributed by atoms with Gasteiger partial charge in [0.1, 0.15) is 11.4 Å². The maximum atomic E-state index is 14.0. The third-order valence-corrected chi connectivity index (χ3v) is 12.2. The first kappa shape index (κ1) is 25.4. The first-order valence-corrected chi connectivity index (χ1v) is 18.1. The minimum atomic E-state index is -2.01. The summed E-state index contributed by atoms with van der Waals surface area (Å²) < 4.78 is 18.8. The van der Waals surface area contributed by atoms with Gasteiger partial charge in [0.15, 0.2) is 5.78 Å². The molecule has 2 bridgehead atoms. The highest BCUT2D eigenvalue weighted by atomic mass is 28.4. The van der Waals surface area contributed by atoms with Crippen molar-refractivity contribution in [1.29, 1.82) is 0 Å². The van der Waals surface area contributed by atoms with Crippen LogP contribution in [0.3, 0.4) is 0 Å². The molecule has 1 aromatic carbocycles. The molecule has 7 rings (SSSR count). The van der Waals surface area contributed by atoms with Crippen molar-refractivity contribution in [3.05, 3.63) is 65.5 Å². The summed E-state index contributed by atoms with van der Waals surface area (Å²) >= 11 is 0. The lowest BCUT2D eigenvalue weighted by Gasteiger charge is -2.53. The van der Waals surface area contributed by atoms with Gasteiger partial charge >= 0.3 is 5.97 Å². The molecule has 0 radical (unpaired) electrons.